The predicted molar refractivity (Wildman–Crippen MR) is 96.7 cm³/mol. The molecule has 0 radical (unpaired) electrons. The van der Waals surface area contributed by atoms with Crippen molar-refractivity contribution in [1.29, 1.82) is 0 Å². The lowest BCUT2D eigenvalue weighted by molar-refractivity contribution is -0.0300. The van der Waals surface area contributed by atoms with Gasteiger partial charge in [0.2, 0.25) is 0 Å². The number of aliphatic hydroxyl groups is 1. The zero-order valence-electron chi connectivity index (χ0n) is 14.6. The van der Waals surface area contributed by atoms with Crippen LogP contribution in [0.1, 0.15) is 55.9 Å². The maximum Gasteiger partial charge on any atom is 0.274 e. The molecule has 0 atom stereocenters. The Hall–Kier alpha value is -2.21. The van der Waals surface area contributed by atoms with Crippen LogP contribution in [-0.2, 0) is 6.54 Å². The second kappa shape index (κ2) is 7.35. The van der Waals surface area contributed by atoms with Gasteiger partial charge >= 0.3 is 0 Å². The summed E-state index contributed by atoms with van der Waals surface area (Å²) in [6, 6.07) is 7.05. The van der Waals surface area contributed by atoms with E-state index in [1.165, 1.54) is 4.68 Å². The van der Waals surface area contributed by atoms with E-state index in [0.29, 0.717) is 30.2 Å². The highest BCUT2D eigenvalue weighted by molar-refractivity contribution is 6.04. The van der Waals surface area contributed by atoms with Crippen LogP contribution in [-0.4, -0.2) is 32.9 Å². The monoisotopic (exact) mass is 343 g/mol. The first-order chi connectivity index (χ1) is 12.0. The van der Waals surface area contributed by atoms with Crippen molar-refractivity contribution in [1.82, 2.24) is 15.1 Å². The van der Waals surface area contributed by atoms with Crippen molar-refractivity contribution in [2.24, 2.45) is 0 Å². The van der Waals surface area contributed by atoms with Crippen molar-refractivity contribution >= 4 is 16.7 Å². The highest BCUT2D eigenvalue weighted by Gasteiger charge is 2.34. The second-order valence-electron chi connectivity index (χ2n) is 6.89. The molecule has 1 aliphatic rings. The summed E-state index contributed by atoms with van der Waals surface area (Å²) in [6.45, 7) is 2.82. The number of carbonyl (C=O) groups excluding carboxylic acids is 1. The van der Waals surface area contributed by atoms with Gasteiger partial charge in [0.15, 0.2) is 5.69 Å². The van der Waals surface area contributed by atoms with Crippen molar-refractivity contribution in [2.75, 3.05) is 6.54 Å². The Labute approximate surface area is 146 Å². The van der Waals surface area contributed by atoms with Crippen molar-refractivity contribution in [3.8, 4) is 0 Å². The van der Waals surface area contributed by atoms with E-state index in [-0.39, 0.29) is 23.7 Å². The fourth-order valence-corrected chi connectivity index (χ4v) is 3.16. The molecule has 1 fully saturated rings. The van der Waals surface area contributed by atoms with Crippen LogP contribution in [0.25, 0.3) is 10.8 Å². The quantitative estimate of drug-likeness (QED) is 0.755. The Kier molecular flexibility index (Phi) is 5.18. The van der Waals surface area contributed by atoms with E-state index in [9.17, 15) is 14.7 Å². The number of hydrogen-bond acceptors (Lipinski definition) is 4. The third kappa shape index (κ3) is 3.74. The van der Waals surface area contributed by atoms with Gasteiger partial charge in [-0.1, -0.05) is 38.0 Å². The lowest BCUT2D eigenvalue weighted by atomic mass is 9.80. The lowest BCUT2D eigenvalue weighted by Gasteiger charge is -2.36. The normalized spacial score (nSPS) is 15.8. The Morgan fingerprint density at radius 2 is 2.00 bits per heavy atom. The third-order valence-electron chi connectivity index (χ3n) is 4.92. The number of nitrogens with one attached hydrogen (secondary N) is 1. The molecule has 6 nitrogen and oxygen atoms in total. The van der Waals surface area contributed by atoms with Gasteiger partial charge in [-0.05, 0) is 31.7 Å². The van der Waals surface area contributed by atoms with Gasteiger partial charge < -0.3 is 10.4 Å². The first kappa shape index (κ1) is 17.6. The van der Waals surface area contributed by atoms with Gasteiger partial charge in [-0.25, -0.2) is 4.68 Å². The van der Waals surface area contributed by atoms with E-state index in [0.717, 1.165) is 25.7 Å². The molecule has 25 heavy (non-hydrogen) atoms. The SMILES string of the molecule is CCCCCn1nc(C(=O)NCC2(O)CCC2)c2ccccc2c1=O. The van der Waals surface area contributed by atoms with Gasteiger partial charge in [0.05, 0.1) is 11.0 Å². The van der Waals surface area contributed by atoms with Crippen LogP contribution in [0.4, 0.5) is 0 Å². The fraction of sp³-hybridized carbons (Fsp3) is 0.526. The molecule has 0 unspecified atom stereocenters. The van der Waals surface area contributed by atoms with Crippen molar-refractivity contribution in [3.63, 3.8) is 0 Å². The van der Waals surface area contributed by atoms with Gasteiger partial charge in [-0.2, -0.15) is 5.10 Å². The zero-order chi connectivity index (χ0) is 17.9. The van der Waals surface area contributed by atoms with E-state index in [4.69, 9.17) is 0 Å². The molecule has 0 aliphatic heterocycles. The largest absolute Gasteiger partial charge is 0.388 e. The molecule has 0 bridgehead atoms. The first-order valence-electron chi connectivity index (χ1n) is 9.04. The molecule has 2 aromatic rings. The summed E-state index contributed by atoms with van der Waals surface area (Å²) in [5.41, 5.74) is -0.711. The first-order valence-corrected chi connectivity index (χ1v) is 9.04. The van der Waals surface area contributed by atoms with Crippen LogP contribution in [0.3, 0.4) is 0 Å². The highest BCUT2D eigenvalue weighted by Crippen LogP contribution is 2.30. The number of carbonyl (C=O) groups is 1. The van der Waals surface area contributed by atoms with Crippen LogP contribution in [0.2, 0.25) is 0 Å². The summed E-state index contributed by atoms with van der Waals surface area (Å²) < 4.78 is 1.39. The Morgan fingerprint density at radius 1 is 1.28 bits per heavy atom. The van der Waals surface area contributed by atoms with Crippen molar-refractivity contribution in [2.45, 2.75) is 57.6 Å². The van der Waals surface area contributed by atoms with E-state index in [1.54, 1.807) is 24.3 Å². The maximum absolute atomic E-state index is 12.6. The van der Waals surface area contributed by atoms with Gasteiger partial charge in [0, 0.05) is 18.5 Å². The van der Waals surface area contributed by atoms with Crippen LogP contribution in [0.15, 0.2) is 29.1 Å². The second-order valence-corrected chi connectivity index (χ2v) is 6.89. The summed E-state index contributed by atoms with van der Waals surface area (Å²) in [5.74, 6) is -0.347. The van der Waals surface area contributed by atoms with E-state index < -0.39 is 5.60 Å². The minimum absolute atomic E-state index is 0.166. The molecule has 6 heteroatoms. The zero-order valence-corrected chi connectivity index (χ0v) is 14.6. The Balaban J connectivity index is 1.90. The van der Waals surface area contributed by atoms with Gasteiger partial charge in [0.1, 0.15) is 0 Å². The van der Waals surface area contributed by atoms with Gasteiger partial charge in [-0.3, -0.25) is 9.59 Å². The molecule has 1 aliphatic carbocycles. The summed E-state index contributed by atoms with van der Waals surface area (Å²) in [5, 5.41) is 18.3. The molecule has 1 saturated carbocycles. The Morgan fingerprint density at radius 3 is 2.64 bits per heavy atom. The number of aromatic nitrogens is 2. The highest BCUT2D eigenvalue weighted by atomic mass is 16.3. The molecule has 2 N–H and O–H groups in total. The van der Waals surface area contributed by atoms with E-state index in [2.05, 4.69) is 17.3 Å². The molecule has 1 amide bonds. The summed E-state index contributed by atoms with van der Waals surface area (Å²) in [4.78, 5) is 25.2. The van der Waals surface area contributed by atoms with E-state index >= 15 is 0 Å². The number of hydrogen-bond donors (Lipinski definition) is 2. The van der Waals surface area contributed by atoms with Crippen LogP contribution in [0.5, 0.6) is 0 Å². The standard InChI is InChI=1S/C19H25N3O3/c1-2-3-6-12-22-18(24)15-9-5-4-8-14(15)16(21-22)17(23)20-13-19(25)10-7-11-19/h4-5,8-9,25H,2-3,6-7,10-13H2,1H3,(H,20,23). The average Bonchev–Trinajstić information content (AvgIpc) is 2.60. The summed E-state index contributed by atoms with van der Waals surface area (Å²) in [7, 11) is 0. The van der Waals surface area contributed by atoms with Gasteiger partial charge in [0.25, 0.3) is 11.5 Å². The lowest BCUT2D eigenvalue weighted by Crippen LogP contribution is -2.48. The maximum atomic E-state index is 12.6. The number of fused-ring (bicyclic) bond motifs is 1. The molecule has 0 spiro atoms. The summed E-state index contributed by atoms with van der Waals surface area (Å²) in [6.07, 6.45) is 5.30. The molecular weight excluding hydrogens is 318 g/mol. The minimum Gasteiger partial charge on any atom is -0.388 e. The number of nitrogens with zero attached hydrogens (tertiary/aromatic N) is 2. The van der Waals surface area contributed by atoms with Crippen LogP contribution >= 0.6 is 0 Å². The van der Waals surface area contributed by atoms with E-state index in [1.807, 2.05) is 0 Å². The molecule has 1 aromatic heterocycles. The smallest absolute Gasteiger partial charge is 0.274 e. The number of benzene rings is 1. The molecule has 0 saturated heterocycles. The Bertz CT molecular complexity index is 824. The number of aryl methyl sites for hydroxylation is 1. The fourth-order valence-electron chi connectivity index (χ4n) is 3.16. The number of amides is 1. The van der Waals surface area contributed by atoms with Crippen molar-refractivity contribution in [3.05, 3.63) is 40.3 Å². The summed E-state index contributed by atoms with van der Waals surface area (Å²) >= 11 is 0. The molecule has 3 rings (SSSR count). The van der Waals surface area contributed by atoms with Crippen molar-refractivity contribution < 1.29 is 9.90 Å². The topological polar surface area (TPSA) is 84.2 Å². The molecular formula is C19H25N3O3. The third-order valence-corrected chi connectivity index (χ3v) is 4.92. The minimum atomic E-state index is -0.791. The molecule has 1 heterocycles. The van der Waals surface area contributed by atoms with Crippen LogP contribution in [0, 0.1) is 0 Å². The van der Waals surface area contributed by atoms with Crippen LogP contribution < -0.4 is 10.9 Å². The molecule has 134 valence electrons. The predicted octanol–water partition coefficient (Wildman–Crippen LogP) is 2.23. The number of unbranched alkanes of at least 4 members (excludes halogenated alkanes) is 2. The molecule has 1 aromatic carbocycles. The number of rotatable bonds is 7. The van der Waals surface area contributed by atoms with Gasteiger partial charge in [-0.15, -0.1) is 0 Å². The average molecular weight is 343 g/mol.